The SMILES string of the molecule is CC1CN=C(NCCc2ccc(OCCN3CCCC3)cc2)N1. The van der Waals surface area contributed by atoms with E-state index in [9.17, 15) is 0 Å². The number of benzene rings is 1. The molecule has 3 rings (SSSR count). The molecule has 2 heterocycles. The maximum atomic E-state index is 5.83. The van der Waals surface area contributed by atoms with Gasteiger partial charge in [-0.15, -0.1) is 0 Å². The number of rotatable bonds is 7. The summed E-state index contributed by atoms with van der Waals surface area (Å²) in [7, 11) is 0. The molecule has 0 aromatic heterocycles. The second kappa shape index (κ2) is 8.20. The Bertz CT molecular complexity index is 508. The monoisotopic (exact) mass is 316 g/mol. The fraction of sp³-hybridized carbons (Fsp3) is 0.611. The van der Waals surface area contributed by atoms with Crippen molar-refractivity contribution in [1.82, 2.24) is 15.5 Å². The van der Waals surface area contributed by atoms with Gasteiger partial charge in [-0.25, -0.2) is 0 Å². The molecular weight excluding hydrogens is 288 g/mol. The zero-order valence-electron chi connectivity index (χ0n) is 14.1. The predicted molar refractivity (Wildman–Crippen MR) is 94.2 cm³/mol. The third-order valence-corrected chi connectivity index (χ3v) is 4.41. The normalized spacial score (nSPS) is 21.1. The summed E-state index contributed by atoms with van der Waals surface area (Å²) in [6.07, 6.45) is 3.66. The number of nitrogens with one attached hydrogen (secondary N) is 2. The number of nitrogens with zero attached hydrogens (tertiary/aromatic N) is 2. The Balaban J connectivity index is 1.33. The summed E-state index contributed by atoms with van der Waals surface area (Å²) in [5.74, 6) is 1.90. The first-order valence-corrected chi connectivity index (χ1v) is 8.78. The summed E-state index contributed by atoms with van der Waals surface area (Å²) in [6.45, 7) is 8.19. The fourth-order valence-electron chi connectivity index (χ4n) is 3.04. The van der Waals surface area contributed by atoms with Crippen molar-refractivity contribution in [2.45, 2.75) is 32.2 Å². The van der Waals surface area contributed by atoms with E-state index in [1.807, 2.05) is 0 Å². The lowest BCUT2D eigenvalue weighted by Crippen LogP contribution is -2.38. The summed E-state index contributed by atoms with van der Waals surface area (Å²) in [6, 6.07) is 8.91. The Morgan fingerprint density at radius 1 is 1.26 bits per heavy atom. The van der Waals surface area contributed by atoms with Gasteiger partial charge >= 0.3 is 0 Å². The second-order valence-electron chi connectivity index (χ2n) is 6.45. The molecular formula is C18H28N4O. The molecule has 2 N–H and O–H groups in total. The molecule has 5 nitrogen and oxygen atoms in total. The maximum Gasteiger partial charge on any atom is 0.191 e. The summed E-state index contributed by atoms with van der Waals surface area (Å²) < 4.78 is 5.83. The van der Waals surface area contributed by atoms with Crippen molar-refractivity contribution in [3.8, 4) is 5.75 Å². The van der Waals surface area contributed by atoms with Crippen LogP contribution in [-0.2, 0) is 6.42 Å². The van der Waals surface area contributed by atoms with Gasteiger partial charge < -0.3 is 15.4 Å². The molecule has 1 aromatic rings. The third-order valence-electron chi connectivity index (χ3n) is 4.41. The molecule has 23 heavy (non-hydrogen) atoms. The van der Waals surface area contributed by atoms with E-state index < -0.39 is 0 Å². The molecule has 0 bridgehead atoms. The lowest BCUT2D eigenvalue weighted by molar-refractivity contribution is 0.238. The molecule has 2 aliphatic rings. The van der Waals surface area contributed by atoms with E-state index in [-0.39, 0.29) is 0 Å². The van der Waals surface area contributed by atoms with E-state index in [0.717, 1.165) is 44.4 Å². The van der Waals surface area contributed by atoms with E-state index in [1.54, 1.807) is 0 Å². The predicted octanol–water partition coefficient (Wildman–Crippen LogP) is 1.64. The first kappa shape index (κ1) is 16.1. The molecule has 0 saturated carbocycles. The standard InChI is InChI=1S/C18H28N4O/c1-15-14-20-18(21-15)19-9-8-16-4-6-17(7-5-16)23-13-12-22-10-2-3-11-22/h4-7,15H,2-3,8-14H2,1H3,(H2,19,20,21). The van der Waals surface area contributed by atoms with Gasteiger partial charge in [0.05, 0.1) is 6.54 Å². The van der Waals surface area contributed by atoms with Crippen molar-refractivity contribution in [2.24, 2.45) is 4.99 Å². The average molecular weight is 316 g/mol. The van der Waals surface area contributed by atoms with Crippen molar-refractivity contribution in [3.63, 3.8) is 0 Å². The van der Waals surface area contributed by atoms with Crippen molar-refractivity contribution in [3.05, 3.63) is 29.8 Å². The lowest BCUT2D eigenvalue weighted by Gasteiger charge is -2.15. The number of hydrogen-bond acceptors (Lipinski definition) is 5. The molecule has 126 valence electrons. The topological polar surface area (TPSA) is 48.9 Å². The van der Waals surface area contributed by atoms with Crippen LogP contribution in [0.25, 0.3) is 0 Å². The van der Waals surface area contributed by atoms with E-state index in [0.29, 0.717) is 6.04 Å². The highest BCUT2D eigenvalue weighted by molar-refractivity contribution is 5.81. The van der Waals surface area contributed by atoms with Gasteiger partial charge in [-0.1, -0.05) is 12.1 Å². The Morgan fingerprint density at radius 2 is 2.04 bits per heavy atom. The number of guanidine groups is 1. The van der Waals surface area contributed by atoms with Crippen LogP contribution in [0.1, 0.15) is 25.3 Å². The van der Waals surface area contributed by atoms with Crippen molar-refractivity contribution >= 4 is 5.96 Å². The Kier molecular flexibility index (Phi) is 5.75. The van der Waals surface area contributed by atoms with Crippen LogP contribution in [0.5, 0.6) is 5.75 Å². The van der Waals surface area contributed by atoms with Crippen LogP contribution < -0.4 is 15.4 Å². The number of likely N-dealkylation sites (tertiary alicyclic amines) is 1. The van der Waals surface area contributed by atoms with Gasteiger partial charge in [0.25, 0.3) is 0 Å². The van der Waals surface area contributed by atoms with E-state index in [1.165, 1.54) is 31.5 Å². The molecule has 1 aromatic carbocycles. The largest absolute Gasteiger partial charge is 0.492 e. The summed E-state index contributed by atoms with van der Waals surface area (Å²) >= 11 is 0. The molecule has 5 heteroatoms. The zero-order chi connectivity index (χ0) is 15.9. The van der Waals surface area contributed by atoms with E-state index in [2.05, 4.69) is 51.7 Å². The van der Waals surface area contributed by atoms with Crippen LogP contribution in [0.15, 0.2) is 29.3 Å². The Hall–Kier alpha value is -1.75. The number of ether oxygens (including phenoxy) is 1. The molecule has 0 aliphatic carbocycles. The minimum atomic E-state index is 0.453. The van der Waals surface area contributed by atoms with Crippen LogP contribution in [0.3, 0.4) is 0 Å². The minimum absolute atomic E-state index is 0.453. The van der Waals surface area contributed by atoms with Crippen LogP contribution >= 0.6 is 0 Å². The molecule has 1 saturated heterocycles. The third kappa shape index (κ3) is 5.13. The summed E-state index contributed by atoms with van der Waals surface area (Å²) in [5.41, 5.74) is 1.32. The van der Waals surface area contributed by atoms with Gasteiger partial charge in [0, 0.05) is 19.1 Å². The first-order chi connectivity index (χ1) is 11.3. The first-order valence-electron chi connectivity index (χ1n) is 8.78. The van der Waals surface area contributed by atoms with E-state index in [4.69, 9.17) is 4.74 Å². The molecule has 1 atom stereocenters. The fourth-order valence-corrected chi connectivity index (χ4v) is 3.04. The molecule has 0 spiro atoms. The van der Waals surface area contributed by atoms with Gasteiger partial charge in [0.15, 0.2) is 5.96 Å². The van der Waals surface area contributed by atoms with Crippen LogP contribution in [-0.4, -0.2) is 56.2 Å². The molecule has 1 unspecified atom stereocenters. The lowest BCUT2D eigenvalue weighted by atomic mass is 10.1. The quantitative estimate of drug-likeness (QED) is 0.803. The average Bonchev–Trinajstić information content (AvgIpc) is 3.21. The van der Waals surface area contributed by atoms with Crippen molar-refractivity contribution in [1.29, 1.82) is 0 Å². The van der Waals surface area contributed by atoms with Crippen molar-refractivity contribution < 1.29 is 4.74 Å². The van der Waals surface area contributed by atoms with E-state index >= 15 is 0 Å². The van der Waals surface area contributed by atoms with Gasteiger partial charge in [0.1, 0.15) is 12.4 Å². The molecule has 2 aliphatic heterocycles. The van der Waals surface area contributed by atoms with Gasteiger partial charge in [-0.05, 0) is 57.0 Å². The number of aliphatic imine (C=N–C) groups is 1. The Morgan fingerprint density at radius 3 is 2.74 bits per heavy atom. The van der Waals surface area contributed by atoms with Gasteiger partial charge in [-0.2, -0.15) is 0 Å². The smallest absolute Gasteiger partial charge is 0.191 e. The van der Waals surface area contributed by atoms with Gasteiger partial charge in [-0.3, -0.25) is 9.89 Å². The zero-order valence-corrected chi connectivity index (χ0v) is 14.1. The number of hydrogen-bond donors (Lipinski definition) is 2. The summed E-state index contributed by atoms with van der Waals surface area (Å²) in [5, 5.41) is 6.65. The van der Waals surface area contributed by atoms with Gasteiger partial charge in [0.2, 0.25) is 0 Å². The molecule has 0 radical (unpaired) electrons. The maximum absolute atomic E-state index is 5.83. The second-order valence-corrected chi connectivity index (χ2v) is 6.45. The summed E-state index contributed by atoms with van der Waals surface area (Å²) in [4.78, 5) is 6.87. The van der Waals surface area contributed by atoms with Crippen LogP contribution in [0, 0.1) is 0 Å². The molecule has 0 amide bonds. The highest BCUT2D eigenvalue weighted by atomic mass is 16.5. The Labute approximate surface area is 139 Å². The minimum Gasteiger partial charge on any atom is -0.492 e. The molecule has 1 fully saturated rings. The van der Waals surface area contributed by atoms with Crippen LogP contribution in [0.4, 0.5) is 0 Å². The highest BCUT2D eigenvalue weighted by Gasteiger charge is 2.11. The van der Waals surface area contributed by atoms with Crippen LogP contribution in [0.2, 0.25) is 0 Å². The highest BCUT2D eigenvalue weighted by Crippen LogP contribution is 2.13. The van der Waals surface area contributed by atoms with Crippen molar-refractivity contribution in [2.75, 3.05) is 39.3 Å².